The molecule has 0 bridgehead atoms. The van der Waals surface area contributed by atoms with Gasteiger partial charge in [-0.05, 0) is 25.1 Å². The molecule has 0 radical (unpaired) electrons. The Balaban J connectivity index is 2.29. The molecule has 0 aliphatic heterocycles. The number of pyridine rings is 1. The van der Waals surface area contributed by atoms with E-state index < -0.39 is 10.0 Å². The smallest absolute Gasteiger partial charge is 0.244 e. The van der Waals surface area contributed by atoms with Crippen molar-refractivity contribution in [3.05, 3.63) is 57.8 Å². The highest BCUT2D eigenvalue weighted by Gasteiger charge is 2.16. The molecule has 0 fully saturated rings. The molecule has 1 aromatic carbocycles. The summed E-state index contributed by atoms with van der Waals surface area (Å²) in [4.78, 5) is 5.91. The lowest BCUT2D eigenvalue weighted by Gasteiger charge is -2.06. The lowest BCUT2D eigenvalue weighted by atomic mass is 10.2. The van der Waals surface area contributed by atoms with Gasteiger partial charge in [-0.15, -0.1) is 0 Å². The Kier molecular flexibility index (Phi) is 5.28. The number of hydrogen-bond donors (Lipinski definition) is 1. The molecule has 1 N–H and O–H groups in total. The van der Waals surface area contributed by atoms with Crippen LogP contribution in [0, 0.1) is 6.92 Å². The Morgan fingerprint density at radius 3 is 2.41 bits per heavy atom. The first-order valence-electron chi connectivity index (χ1n) is 5.93. The molecule has 0 spiro atoms. The van der Waals surface area contributed by atoms with E-state index in [2.05, 4.69) is 10.1 Å². The Hall–Kier alpha value is -1.34. The summed E-state index contributed by atoms with van der Waals surface area (Å²) in [6.45, 7) is 1.85. The molecule has 0 aliphatic rings. The molecule has 5 nitrogen and oxygen atoms in total. The third-order valence-electron chi connectivity index (χ3n) is 2.66. The van der Waals surface area contributed by atoms with Crippen molar-refractivity contribution in [3.8, 4) is 0 Å². The van der Waals surface area contributed by atoms with E-state index in [4.69, 9.17) is 34.8 Å². The van der Waals surface area contributed by atoms with Crippen molar-refractivity contribution in [2.75, 3.05) is 0 Å². The lowest BCUT2D eigenvalue weighted by molar-refractivity contribution is 0.584. The van der Waals surface area contributed by atoms with Crippen molar-refractivity contribution in [1.29, 1.82) is 0 Å². The molecule has 0 atom stereocenters. The summed E-state index contributed by atoms with van der Waals surface area (Å²) >= 11 is 17.8. The fourth-order valence-electron chi connectivity index (χ4n) is 1.52. The van der Waals surface area contributed by atoms with Crippen molar-refractivity contribution in [3.63, 3.8) is 0 Å². The summed E-state index contributed by atoms with van der Waals surface area (Å²) in [6.07, 6.45) is 1.40. The minimum atomic E-state index is -3.83. The van der Waals surface area contributed by atoms with Crippen LogP contribution in [0.15, 0.2) is 46.5 Å². The minimum Gasteiger partial charge on any atom is -0.244 e. The first kappa shape index (κ1) is 17.0. The van der Waals surface area contributed by atoms with Gasteiger partial charge < -0.3 is 0 Å². The topological polar surface area (TPSA) is 71.4 Å². The van der Waals surface area contributed by atoms with Gasteiger partial charge >= 0.3 is 0 Å². The standard InChI is InChI=1S/C13H10Cl3N3O2S/c1-8-2-4-9(5-3-8)22(20,21)19-18-13(16)11-10(14)6-7-17-12(11)15/h2-7,19H,1H3. The van der Waals surface area contributed by atoms with Crippen molar-refractivity contribution in [2.45, 2.75) is 11.8 Å². The van der Waals surface area contributed by atoms with E-state index in [1.54, 1.807) is 12.1 Å². The van der Waals surface area contributed by atoms with Gasteiger partial charge in [0.15, 0.2) is 5.17 Å². The van der Waals surface area contributed by atoms with E-state index in [1.807, 2.05) is 11.8 Å². The van der Waals surface area contributed by atoms with Gasteiger partial charge in [0.25, 0.3) is 10.0 Å². The fourth-order valence-corrected chi connectivity index (χ4v) is 3.25. The van der Waals surface area contributed by atoms with Crippen LogP contribution in [0.3, 0.4) is 0 Å². The molecule has 2 aromatic rings. The third kappa shape index (κ3) is 3.89. The van der Waals surface area contributed by atoms with Gasteiger partial charge in [0.05, 0.1) is 15.5 Å². The number of nitrogens with zero attached hydrogens (tertiary/aromatic N) is 2. The van der Waals surface area contributed by atoms with Crippen molar-refractivity contribution < 1.29 is 8.42 Å². The number of sulfonamides is 1. The van der Waals surface area contributed by atoms with Crippen LogP contribution in [-0.2, 0) is 10.0 Å². The summed E-state index contributed by atoms with van der Waals surface area (Å²) in [5.41, 5.74) is 1.09. The van der Waals surface area contributed by atoms with E-state index in [1.165, 1.54) is 24.4 Å². The zero-order valence-corrected chi connectivity index (χ0v) is 14.3. The molecule has 1 heterocycles. The average Bonchev–Trinajstić information content (AvgIpc) is 2.45. The second-order valence-corrected chi connectivity index (χ2v) is 7.05. The van der Waals surface area contributed by atoms with Gasteiger partial charge in [-0.25, -0.2) is 4.98 Å². The highest BCUT2D eigenvalue weighted by Crippen LogP contribution is 2.24. The zero-order chi connectivity index (χ0) is 16.3. The summed E-state index contributed by atoms with van der Waals surface area (Å²) in [7, 11) is -3.83. The molecule has 0 saturated carbocycles. The first-order valence-corrected chi connectivity index (χ1v) is 8.55. The fraction of sp³-hybridized carbons (Fsp3) is 0.0769. The Morgan fingerprint density at radius 1 is 1.18 bits per heavy atom. The van der Waals surface area contributed by atoms with Crippen molar-refractivity contribution in [2.24, 2.45) is 5.10 Å². The highest BCUT2D eigenvalue weighted by atomic mass is 35.5. The van der Waals surface area contributed by atoms with Gasteiger partial charge in [0, 0.05) is 6.20 Å². The number of hydrazone groups is 1. The van der Waals surface area contributed by atoms with Crippen molar-refractivity contribution in [1.82, 2.24) is 9.82 Å². The molecule has 2 rings (SSSR count). The number of hydrogen-bond acceptors (Lipinski definition) is 4. The van der Waals surface area contributed by atoms with Crippen LogP contribution in [0.2, 0.25) is 10.2 Å². The largest absolute Gasteiger partial charge is 0.276 e. The number of halogens is 3. The molecular formula is C13H10Cl3N3O2S. The molecule has 0 amide bonds. The highest BCUT2D eigenvalue weighted by molar-refractivity contribution is 7.89. The zero-order valence-electron chi connectivity index (χ0n) is 11.2. The Labute approximate surface area is 143 Å². The minimum absolute atomic E-state index is 0.0239. The van der Waals surface area contributed by atoms with E-state index >= 15 is 0 Å². The van der Waals surface area contributed by atoms with Crippen molar-refractivity contribution >= 4 is 50.0 Å². The molecule has 9 heteroatoms. The van der Waals surface area contributed by atoms with Crippen LogP contribution < -0.4 is 4.83 Å². The van der Waals surface area contributed by atoms with E-state index in [0.29, 0.717) is 0 Å². The van der Waals surface area contributed by atoms with Crippen LogP contribution in [-0.4, -0.2) is 18.6 Å². The van der Waals surface area contributed by atoms with E-state index in [-0.39, 0.29) is 25.8 Å². The molecule has 0 unspecified atom stereocenters. The lowest BCUT2D eigenvalue weighted by Crippen LogP contribution is -2.19. The van der Waals surface area contributed by atoms with Gasteiger partial charge in [-0.2, -0.15) is 18.4 Å². The maximum absolute atomic E-state index is 12.1. The number of aryl methyl sites for hydroxylation is 1. The van der Waals surface area contributed by atoms with Gasteiger partial charge in [0.2, 0.25) is 0 Å². The molecule has 1 aromatic heterocycles. The molecule has 0 saturated heterocycles. The Morgan fingerprint density at radius 2 is 1.82 bits per heavy atom. The second kappa shape index (κ2) is 6.83. The SMILES string of the molecule is Cc1ccc(S(=O)(=O)NN=C(Cl)c2c(Cl)ccnc2Cl)cc1. The number of benzene rings is 1. The number of aromatic nitrogens is 1. The number of rotatable bonds is 4. The van der Waals surface area contributed by atoms with E-state index in [9.17, 15) is 8.42 Å². The quantitative estimate of drug-likeness (QED) is 0.502. The summed E-state index contributed by atoms with van der Waals surface area (Å²) in [5, 5.41) is 3.65. The molecule has 0 aliphatic carbocycles. The van der Waals surface area contributed by atoms with Crippen LogP contribution in [0.4, 0.5) is 0 Å². The summed E-state index contributed by atoms with van der Waals surface area (Å²) in [5.74, 6) is 0. The van der Waals surface area contributed by atoms with Gasteiger partial charge in [0.1, 0.15) is 5.15 Å². The predicted molar refractivity (Wildman–Crippen MR) is 88.1 cm³/mol. The maximum atomic E-state index is 12.1. The molecular weight excluding hydrogens is 369 g/mol. The van der Waals surface area contributed by atoms with Crippen LogP contribution >= 0.6 is 34.8 Å². The molecule has 116 valence electrons. The first-order chi connectivity index (χ1) is 10.3. The summed E-state index contributed by atoms with van der Waals surface area (Å²) < 4.78 is 24.2. The average molecular weight is 379 g/mol. The van der Waals surface area contributed by atoms with Gasteiger partial charge in [-0.3, -0.25) is 0 Å². The maximum Gasteiger partial charge on any atom is 0.276 e. The Bertz CT molecular complexity index is 801. The predicted octanol–water partition coefficient (Wildman–Crippen LogP) is 3.58. The third-order valence-corrected chi connectivity index (χ3v) is 4.75. The van der Waals surface area contributed by atoms with Crippen LogP contribution in [0.25, 0.3) is 0 Å². The van der Waals surface area contributed by atoms with Gasteiger partial charge in [-0.1, -0.05) is 52.5 Å². The second-order valence-electron chi connectivity index (χ2n) is 4.27. The molecule has 22 heavy (non-hydrogen) atoms. The normalized spacial score (nSPS) is 12.3. The summed E-state index contributed by atoms with van der Waals surface area (Å²) in [6, 6.07) is 7.74. The number of nitrogens with one attached hydrogen (secondary N) is 1. The monoisotopic (exact) mass is 377 g/mol. The van der Waals surface area contributed by atoms with Crippen LogP contribution in [0.5, 0.6) is 0 Å². The van der Waals surface area contributed by atoms with Crippen LogP contribution in [0.1, 0.15) is 11.1 Å². The van der Waals surface area contributed by atoms with E-state index in [0.717, 1.165) is 5.56 Å².